The Morgan fingerprint density at radius 2 is 1.83 bits per heavy atom. The van der Waals surface area contributed by atoms with Crippen molar-refractivity contribution >= 4 is 11.6 Å². The number of amides is 1. The van der Waals surface area contributed by atoms with E-state index in [1.54, 1.807) is 24.1 Å². The lowest BCUT2D eigenvalue weighted by molar-refractivity contribution is -0.137. The normalized spacial score (nSPS) is 18.5. The number of fused-ring (bicyclic) bond motifs is 1. The summed E-state index contributed by atoms with van der Waals surface area (Å²) < 4.78 is 54.8. The number of rotatable bonds is 3. The second-order valence-electron chi connectivity index (χ2n) is 9.27. The van der Waals surface area contributed by atoms with Crippen LogP contribution in [0.1, 0.15) is 45.3 Å². The van der Waals surface area contributed by atoms with Gasteiger partial charge in [-0.25, -0.2) is 9.37 Å². The SMILES string of the molecule is Cc1cc(C2CCc3nc(C(=O)N4CCN(c5cccc(C(F)(F)F)c5)CC4)cn3C2)ccc1F. The third-order valence-electron chi connectivity index (χ3n) is 6.97. The molecule has 184 valence electrons. The van der Waals surface area contributed by atoms with Crippen LogP contribution in [0.15, 0.2) is 48.7 Å². The maximum Gasteiger partial charge on any atom is 0.416 e. The number of halogens is 4. The Balaban J connectivity index is 1.23. The molecular weight excluding hydrogens is 460 g/mol. The van der Waals surface area contributed by atoms with E-state index in [4.69, 9.17) is 0 Å². The average molecular weight is 487 g/mol. The summed E-state index contributed by atoms with van der Waals surface area (Å²) in [7, 11) is 0. The quantitative estimate of drug-likeness (QED) is 0.487. The molecule has 5 nitrogen and oxygen atoms in total. The lowest BCUT2D eigenvalue weighted by Gasteiger charge is -2.36. The van der Waals surface area contributed by atoms with Crippen molar-refractivity contribution in [3.8, 4) is 0 Å². The summed E-state index contributed by atoms with van der Waals surface area (Å²) in [5.74, 6) is 0.722. The van der Waals surface area contributed by atoms with Gasteiger partial charge >= 0.3 is 6.18 Å². The molecule has 1 amide bonds. The van der Waals surface area contributed by atoms with E-state index in [0.29, 0.717) is 49.7 Å². The van der Waals surface area contributed by atoms with Gasteiger partial charge in [0.15, 0.2) is 0 Å². The Hall–Kier alpha value is -3.36. The molecule has 3 heterocycles. The lowest BCUT2D eigenvalue weighted by Crippen LogP contribution is -2.49. The van der Waals surface area contributed by atoms with Crippen LogP contribution < -0.4 is 4.90 Å². The molecule has 2 aliphatic heterocycles. The minimum Gasteiger partial charge on any atom is -0.368 e. The van der Waals surface area contributed by atoms with Crippen molar-refractivity contribution in [3.63, 3.8) is 0 Å². The molecule has 0 saturated carbocycles. The van der Waals surface area contributed by atoms with Crippen LogP contribution >= 0.6 is 0 Å². The number of carbonyl (C=O) groups excluding carboxylic acids is 1. The Labute approximate surface area is 201 Å². The number of aromatic nitrogens is 2. The molecule has 5 rings (SSSR count). The molecular formula is C26H26F4N4O. The molecule has 1 saturated heterocycles. The van der Waals surface area contributed by atoms with E-state index in [9.17, 15) is 22.4 Å². The first-order chi connectivity index (χ1) is 16.7. The summed E-state index contributed by atoms with van der Waals surface area (Å²) in [6.07, 6.45) is -0.981. The van der Waals surface area contributed by atoms with Crippen molar-refractivity contribution in [2.75, 3.05) is 31.1 Å². The molecule has 1 aromatic heterocycles. The summed E-state index contributed by atoms with van der Waals surface area (Å²) in [6.45, 7) is 4.17. The molecule has 9 heteroatoms. The smallest absolute Gasteiger partial charge is 0.368 e. The third kappa shape index (κ3) is 4.76. The molecule has 1 atom stereocenters. The summed E-state index contributed by atoms with van der Waals surface area (Å²) in [6, 6.07) is 10.5. The zero-order valence-corrected chi connectivity index (χ0v) is 19.4. The minimum atomic E-state index is -4.39. The monoisotopic (exact) mass is 486 g/mol. The van der Waals surface area contributed by atoms with E-state index in [1.807, 2.05) is 21.6 Å². The van der Waals surface area contributed by atoms with Crippen LogP contribution in [-0.2, 0) is 19.1 Å². The number of nitrogens with zero attached hydrogens (tertiary/aromatic N) is 4. The highest BCUT2D eigenvalue weighted by Gasteiger charge is 2.32. The van der Waals surface area contributed by atoms with Crippen LogP contribution in [0.5, 0.6) is 0 Å². The Bertz CT molecular complexity index is 1240. The van der Waals surface area contributed by atoms with E-state index < -0.39 is 11.7 Å². The Kier molecular flexibility index (Phi) is 6.02. The number of anilines is 1. The highest BCUT2D eigenvalue weighted by molar-refractivity contribution is 5.92. The van der Waals surface area contributed by atoms with Gasteiger partial charge in [0, 0.05) is 56.9 Å². The molecule has 3 aromatic rings. The molecule has 2 aliphatic rings. The number of carbonyl (C=O) groups is 1. The van der Waals surface area contributed by atoms with E-state index in [-0.39, 0.29) is 17.6 Å². The van der Waals surface area contributed by atoms with Gasteiger partial charge in [-0.05, 0) is 48.7 Å². The molecule has 2 aromatic carbocycles. The summed E-state index contributed by atoms with van der Waals surface area (Å²) in [4.78, 5) is 21.3. The van der Waals surface area contributed by atoms with Crippen molar-refractivity contribution < 1.29 is 22.4 Å². The Morgan fingerprint density at radius 1 is 1.06 bits per heavy atom. The van der Waals surface area contributed by atoms with Crippen molar-refractivity contribution in [2.24, 2.45) is 0 Å². The summed E-state index contributed by atoms with van der Waals surface area (Å²) in [5.41, 5.74) is 1.93. The van der Waals surface area contributed by atoms with Crippen LogP contribution in [-0.4, -0.2) is 46.5 Å². The fourth-order valence-corrected chi connectivity index (χ4v) is 4.95. The van der Waals surface area contributed by atoms with E-state index >= 15 is 0 Å². The van der Waals surface area contributed by atoms with Gasteiger partial charge in [0.25, 0.3) is 5.91 Å². The maximum absolute atomic E-state index is 13.7. The molecule has 35 heavy (non-hydrogen) atoms. The first-order valence-corrected chi connectivity index (χ1v) is 11.7. The van der Waals surface area contributed by atoms with Gasteiger partial charge in [0.05, 0.1) is 5.56 Å². The van der Waals surface area contributed by atoms with Gasteiger partial charge in [0.1, 0.15) is 17.3 Å². The molecule has 0 N–H and O–H groups in total. The van der Waals surface area contributed by atoms with Crippen LogP contribution in [0, 0.1) is 12.7 Å². The number of piperazine rings is 1. The van der Waals surface area contributed by atoms with Crippen LogP contribution in [0.25, 0.3) is 0 Å². The number of benzene rings is 2. The largest absolute Gasteiger partial charge is 0.416 e. The van der Waals surface area contributed by atoms with Crippen molar-refractivity contribution in [1.29, 1.82) is 0 Å². The first kappa shape index (κ1) is 23.4. The number of hydrogen-bond acceptors (Lipinski definition) is 3. The molecule has 0 bridgehead atoms. The first-order valence-electron chi connectivity index (χ1n) is 11.7. The predicted molar refractivity (Wildman–Crippen MR) is 124 cm³/mol. The van der Waals surface area contributed by atoms with Crippen LogP contribution in [0.2, 0.25) is 0 Å². The maximum atomic E-state index is 13.7. The fourth-order valence-electron chi connectivity index (χ4n) is 4.95. The average Bonchev–Trinajstić information content (AvgIpc) is 3.28. The molecule has 0 spiro atoms. The number of imidazole rings is 1. The molecule has 0 radical (unpaired) electrons. The van der Waals surface area contributed by atoms with Gasteiger partial charge in [-0.15, -0.1) is 0 Å². The highest BCUT2D eigenvalue weighted by atomic mass is 19.4. The third-order valence-corrected chi connectivity index (χ3v) is 6.97. The standard InChI is InChI=1S/C26H26F4N4O/c1-17-13-18(5-7-22(17)27)19-6-8-24-31-23(16-34(24)15-19)25(35)33-11-9-32(10-12-33)21-4-2-3-20(14-21)26(28,29)30/h2-5,7,13-14,16,19H,6,8-12,15H2,1H3. The molecule has 0 aliphatic carbocycles. The van der Waals surface area contributed by atoms with Crippen LogP contribution in [0.4, 0.5) is 23.2 Å². The topological polar surface area (TPSA) is 41.4 Å². The molecule has 1 fully saturated rings. The minimum absolute atomic E-state index is 0.162. The van der Waals surface area contributed by atoms with Crippen LogP contribution in [0.3, 0.4) is 0 Å². The second-order valence-corrected chi connectivity index (χ2v) is 9.27. The number of aryl methyl sites for hydroxylation is 2. The summed E-state index contributed by atoms with van der Waals surface area (Å²) >= 11 is 0. The van der Waals surface area contributed by atoms with Crippen molar-refractivity contribution in [1.82, 2.24) is 14.5 Å². The van der Waals surface area contributed by atoms with Gasteiger partial charge in [0.2, 0.25) is 0 Å². The Morgan fingerprint density at radius 3 is 2.54 bits per heavy atom. The van der Waals surface area contributed by atoms with Gasteiger partial charge in [-0.1, -0.05) is 18.2 Å². The van der Waals surface area contributed by atoms with Crippen molar-refractivity contribution in [3.05, 3.63) is 82.7 Å². The number of hydrogen-bond donors (Lipinski definition) is 0. The van der Waals surface area contributed by atoms with Gasteiger partial charge < -0.3 is 14.4 Å². The zero-order valence-electron chi connectivity index (χ0n) is 19.4. The predicted octanol–water partition coefficient (Wildman–Crippen LogP) is 5.04. The van der Waals surface area contributed by atoms with Crippen molar-refractivity contribution in [2.45, 2.75) is 38.4 Å². The molecule has 1 unspecified atom stereocenters. The highest BCUT2D eigenvalue weighted by Crippen LogP contribution is 2.32. The fraction of sp³-hybridized carbons (Fsp3) is 0.385. The van der Waals surface area contributed by atoms with Gasteiger partial charge in [-0.3, -0.25) is 4.79 Å². The second kappa shape index (κ2) is 9.02. The van der Waals surface area contributed by atoms with Gasteiger partial charge in [-0.2, -0.15) is 13.2 Å². The zero-order chi connectivity index (χ0) is 24.7. The number of alkyl halides is 3. The van der Waals surface area contributed by atoms with E-state index in [1.165, 1.54) is 12.1 Å². The van der Waals surface area contributed by atoms with E-state index in [0.717, 1.165) is 36.4 Å². The van der Waals surface area contributed by atoms with E-state index in [2.05, 4.69) is 4.98 Å². The lowest BCUT2D eigenvalue weighted by atomic mass is 9.90. The summed E-state index contributed by atoms with van der Waals surface area (Å²) in [5, 5.41) is 0.